The van der Waals surface area contributed by atoms with Gasteiger partial charge in [-0.15, -0.1) is 0 Å². The summed E-state index contributed by atoms with van der Waals surface area (Å²) in [6, 6.07) is 9.95. The molecule has 0 saturated carbocycles. The molecule has 2 aliphatic rings. The van der Waals surface area contributed by atoms with Gasteiger partial charge in [0.25, 0.3) is 0 Å². The molecule has 4 rings (SSSR count). The van der Waals surface area contributed by atoms with Gasteiger partial charge in [-0.3, -0.25) is 4.79 Å². The van der Waals surface area contributed by atoms with Gasteiger partial charge in [0.1, 0.15) is 11.6 Å². The Morgan fingerprint density at radius 3 is 2.39 bits per heavy atom. The fourth-order valence-corrected chi connectivity index (χ4v) is 3.99. The van der Waals surface area contributed by atoms with Crippen molar-refractivity contribution in [2.45, 2.75) is 19.8 Å². The van der Waals surface area contributed by atoms with Crippen LogP contribution in [0, 0.1) is 6.92 Å². The van der Waals surface area contributed by atoms with Crippen molar-refractivity contribution in [3.63, 3.8) is 0 Å². The van der Waals surface area contributed by atoms with E-state index in [9.17, 15) is 4.79 Å². The number of hydrogen-bond donors (Lipinski definition) is 0. The van der Waals surface area contributed by atoms with E-state index in [1.54, 1.807) is 7.11 Å². The van der Waals surface area contributed by atoms with E-state index >= 15 is 0 Å². The molecule has 8 nitrogen and oxygen atoms in total. The van der Waals surface area contributed by atoms with E-state index in [0.29, 0.717) is 19.5 Å². The van der Waals surface area contributed by atoms with Gasteiger partial charge in [-0.1, -0.05) is 12.1 Å². The molecule has 1 amide bonds. The molecule has 0 unspecified atom stereocenters. The van der Waals surface area contributed by atoms with Crippen LogP contribution in [0.2, 0.25) is 0 Å². The smallest absolute Gasteiger partial charge is 0.227 e. The van der Waals surface area contributed by atoms with Gasteiger partial charge in [-0.25, -0.2) is 4.98 Å². The predicted octanol–water partition coefficient (Wildman–Crippen LogP) is 1.91. The van der Waals surface area contributed by atoms with Gasteiger partial charge in [-0.2, -0.15) is 4.98 Å². The lowest BCUT2D eigenvalue weighted by molar-refractivity contribution is -0.131. The zero-order valence-corrected chi connectivity index (χ0v) is 18.4. The number of hydrogen-bond acceptors (Lipinski definition) is 7. The maximum atomic E-state index is 12.7. The number of piperazine rings is 1. The molecule has 0 aliphatic carbocycles. The Kier molecular flexibility index (Phi) is 6.86. The van der Waals surface area contributed by atoms with Crippen molar-refractivity contribution in [1.82, 2.24) is 14.9 Å². The topological polar surface area (TPSA) is 71.0 Å². The van der Waals surface area contributed by atoms with Crippen molar-refractivity contribution in [2.24, 2.45) is 0 Å². The van der Waals surface area contributed by atoms with Gasteiger partial charge < -0.3 is 24.2 Å². The van der Waals surface area contributed by atoms with E-state index in [-0.39, 0.29) is 5.91 Å². The van der Waals surface area contributed by atoms with Gasteiger partial charge in [0.05, 0.1) is 20.3 Å². The maximum absolute atomic E-state index is 12.7. The van der Waals surface area contributed by atoms with Crippen LogP contribution in [0.3, 0.4) is 0 Å². The van der Waals surface area contributed by atoms with E-state index in [1.807, 2.05) is 42.2 Å². The van der Waals surface area contributed by atoms with Crippen molar-refractivity contribution < 1.29 is 14.3 Å². The predicted molar refractivity (Wildman–Crippen MR) is 120 cm³/mol. The number of amides is 1. The second-order valence-electron chi connectivity index (χ2n) is 7.98. The SMILES string of the molecule is COc1ccc(CCC(=O)N2CCN(c3nc(C)cc(N4CCOCC4)n3)CC2)cc1. The van der Waals surface area contributed by atoms with Crippen LogP contribution in [0.1, 0.15) is 17.7 Å². The van der Waals surface area contributed by atoms with Crippen LogP contribution in [-0.2, 0) is 16.0 Å². The Morgan fingerprint density at radius 2 is 1.71 bits per heavy atom. The average Bonchev–Trinajstić information content (AvgIpc) is 2.83. The Bertz CT molecular complexity index is 875. The normalized spacial score (nSPS) is 17.0. The molecule has 0 atom stereocenters. The summed E-state index contributed by atoms with van der Waals surface area (Å²) in [5.41, 5.74) is 2.11. The Labute approximate surface area is 183 Å². The van der Waals surface area contributed by atoms with E-state index in [2.05, 4.69) is 14.8 Å². The molecular formula is C23H31N5O3. The average molecular weight is 426 g/mol. The molecule has 3 heterocycles. The summed E-state index contributed by atoms with van der Waals surface area (Å²) in [4.78, 5) is 28.5. The molecule has 0 radical (unpaired) electrons. The molecule has 2 aromatic rings. The minimum atomic E-state index is 0.203. The molecule has 0 bridgehead atoms. The third-order valence-electron chi connectivity index (χ3n) is 5.87. The Hall–Kier alpha value is -2.87. The fraction of sp³-hybridized carbons (Fsp3) is 0.522. The maximum Gasteiger partial charge on any atom is 0.227 e. The second-order valence-corrected chi connectivity index (χ2v) is 7.98. The molecule has 8 heteroatoms. The highest BCUT2D eigenvalue weighted by Gasteiger charge is 2.23. The van der Waals surface area contributed by atoms with Crippen LogP contribution in [-0.4, -0.2) is 80.4 Å². The number of benzene rings is 1. The van der Waals surface area contributed by atoms with Crippen LogP contribution >= 0.6 is 0 Å². The lowest BCUT2D eigenvalue weighted by atomic mass is 10.1. The molecule has 0 N–H and O–H groups in total. The first kappa shape index (κ1) is 21.4. The third-order valence-corrected chi connectivity index (χ3v) is 5.87. The van der Waals surface area contributed by atoms with Crippen LogP contribution in [0.5, 0.6) is 5.75 Å². The highest BCUT2D eigenvalue weighted by molar-refractivity contribution is 5.76. The fourth-order valence-electron chi connectivity index (χ4n) is 3.99. The summed E-state index contributed by atoms with van der Waals surface area (Å²) in [5.74, 6) is 2.76. The lowest BCUT2D eigenvalue weighted by Crippen LogP contribution is -2.49. The molecule has 31 heavy (non-hydrogen) atoms. The van der Waals surface area contributed by atoms with E-state index in [0.717, 1.165) is 74.6 Å². The summed E-state index contributed by atoms with van der Waals surface area (Å²) < 4.78 is 10.6. The first-order valence-corrected chi connectivity index (χ1v) is 11.0. The van der Waals surface area contributed by atoms with E-state index in [1.165, 1.54) is 0 Å². The number of methoxy groups -OCH3 is 1. The van der Waals surface area contributed by atoms with Crippen molar-refractivity contribution >= 4 is 17.7 Å². The first-order valence-electron chi connectivity index (χ1n) is 11.0. The van der Waals surface area contributed by atoms with Crippen LogP contribution in [0.4, 0.5) is 11.8 Å². The quantitative estimate of drug-likeness (QED) is 0.700. The van der Waals surface area contributed by atoms with E-state index < -0.39 is 0 Å². The summed E-state index contributed by atoms with van der Waals surface area (Å²) >= 11 is 0. The van der Waals surface area contributed by atoms with Crippen molar-refractivity contribution in [3.05, 3.63) is 41.6 Å². The number of aryl methyl sites for hydroxylation is 2. The summed E-state index contributed by atoms with van der Waals surface area (Å²) in [6.45, 7) is 8.08. The van der Waals surface area contributed by atoms with Crippen molar-refractivity contribution in [1.29, 1.82) is 0 Å². The minimum absolute atomic E-state index is 0.203. The number of ether oxygens (including phenoxy) is 2. The molecule has 1 aromatic carbocycles. The van der Waals surface area contributed by atoms with Gasteiger partial charge in [0.2, 0.25) is 11.9 Å². The number of carbonyl (C=O) groups is 1. The third kappa shape index (κ3) is 5.44. The second kappa shape index (κ2) is 9.96. The number of aromatic nitrogens is 2. The van der Waals surface area contributed by atoms with Crippen molar-refractivity contribution in [2.75, 3.05) is 69.4 Å². The van der Waals surface area contributed by atoms with Crippen LogP contribution < -0.4 is 14.5 Å². The zero-order valence-electron chi connectivity index (χ0n) is 18.4. The molecule has 2 fully saturated rings. The largest absolute Gasteiger partial charge is 0.497 e. The highest BCUT2D eigenvalue weighted by Crippen LogP contribution is 2.20. The molecule has 0 spiro atoms. The minimum Gasteiger partial charge on any atom is -0.497 e. The number of morpholine rings is 1. The summed E-state index contributed by atoms with van der Waals surface area (Å²) in [6.07, 6.45) is 1.27. The first-order chi connectivity index (χ1) is 15.1. The van der Waals surface area contributed by atoms with Crippen molar-refractivity contribution in [3.8, 4) is 5.75 Å². The zero-order chi connectivity index (χ0) is 21.6. The summed E-state index contributed by atoms with van der Waals surface area (Å²) in [7, 11) is 1.66. The standard InChI is InChI=1S/C23H31N5O3/c1-18-17-21(26-13-15-31-16-14-26)25-23(24-18)28-11-9-27(10-12-28)22(29)8-5-19-3-6-20(30-2)7-4-19/h3-4,6-7,17H,5,8-16H2,1-2H3. The highest BCUT2D eigenvalue weighted by atomic mass is 16.5. The number of nitrogens with zero attached hydrogens (tertiary/aromatic N) is 5. The molecule has 2 aliphatic heterocycles. The van der Waals surface area contributed by atoms with Gasteiger partial charge in [0.15, 0.2) is 0 Å². The summed E-state index contributed by atoms with van der Waals surface area (Å²) in [5, 5.41) is 0. The van der Waals surface area contributed by atoms with Gasteiger partial charge in [0, 0.05) is 57.4 Å². The van der Waals surface area contributed by atoms with E-state index in [4.69, 9.17) is 14.5 Å². The number of anilines is 2. The number of rotatable bonds is 6. The van der Waals surface area contributed by atoms with Gasteiger partial charge >= 0.3 is 0 Å². The monoisotopic (exact) mass is 425 g/mol. The molecule has 2 saturated heterocycles. The van der Waals surface area contributed by atoms with Crippen LogP contribution in [0.25, 0.3) is 0 Å². The molecular weight excluding hydrogens is 394 g/mol. The lowest BCUT2D eigenvalue weighted by Gasteiger charge is -2.35. The Morgan fingerprint density at radius 1 is 1.00 bits per heavy atom. The van der Waals surface area contributed by atoms with Gasteiger partial charge in [-0.05, 0) is 31.0 Å². The Balaban J connectivity index is 1.30. The van der Waals surface area contributed by atoms with Crippen LogP contribution in [0.15, 0.2) is 30.3 Å². The molecule has 166 valence electrons. The number of carbonyl (C=O) groups excluding carboxylic acids is 1. The molecule has 1 aromatic heterocycles.